The lowest BCUT2D eigenvalue weighted by Crippen LogP contribution is -2.42. The number of rotatable bonds is 6. The Balaban J connectivity index is 1.63. The zero-order valence-corrected chi connectivity index (χ0v) is 14.5. The largest absolute Gasteiger partial charge is 0.396 e. The standard InChI is InChI=1S/C19H27N3O2/c1-15(21-13-19(14-23)7-11-24-12-8-19)17-3-5-18(6-4-17)22-10-9-20-16(22)2/h3-6,9-10,15,21,23H,7-8,11-14H2,1-2H3. The number of aliphatic hydroxyl groups excluding tert-OH is 1. The number of aryl methyl sites for hydroxylation is 1. The van der Waals surface area contributed by atoms with E-state index in [2.05, 4.69) is 46.1 Å². The summed E-state index contributed by atoms with van der Waals surface area (Å²) in [7, 11) is 0. The third-order valence-corrected chi connectivity index (χ3v) is 5.17. The second-order valence-electron chi connectivity index (χ2n) is 6.81. The van der Waals surface area contributed by atoms with E-state index in [9.17, 15) is 5.11 Å². The monoisotopic (exact) mass is 329 g/mol. The van der Waals surface area contributed by atoms with Crippen molar-refractivity contribution in [2.24, 2.45) is 5.41 Å². The van der Waals surface area contributed by atoms with Gasteiger partial charge in [0.05, 0.1) is 6.61 Å². The van der Waals surface area contributed by atoms with Crippen LogP contribution in [0.25, 0.3) is 5.69 Å². The number of benzene rings is 1. The van der Waals surface area contributed by atoms with Gasteiger partial charge >= 0.3 is 0 Å². The molecule has 1 aromatic heterocycles. The molecule has 1 aliphatic rings. The minimum atomic E-state index is -0.0413. The van der Waals surface area contributed by atoms with E-state index in [1.165, 1.54) is 5.56 Å². The summed E-state index contributed by atoms with van der Waals surface area (Å²) < 4.78 is 7.50. The van der Waals surface area contributed by atoms with Crippen LogP contribution in [0.1, 0.15) is 37.2 Å². The summed E-state index contributed by atoms with van der Waals surface area (Å²) in [6, 6.07) is 8.80. The predicted molar refractivity (Wildman–Crippen MR) is 94.3 cm³/mol. The molecule has 0 spiro atoms. The lowest BCUT2D eigenvalue weighted by molar-refractivity contribution is -0.0163. The third-order valence-electron chi connectivity index (χ3n) is 5.17. The van der Waals surface area contributed by atoms with E-state index in [1.807, 2.05) is 19.3 Å². The highest BCUT2D eigenvalue weighted by Gasteiger charge is 2.32. The fraction of sp³-hybridized carbons (Fsp3) is 0.526. The molecular formula is C19H27N3O2. The summed E-state index contributed by atoms with van der Waals surface area (Å²) in [5.74, 6) is 0.985. The summed E-state index contributed by atoms with van der Waals surface area (Å²) in [4.78, 5) is 4.27. The van der Waals surface area contributed by atoms with Crippen LogP contribution in [0.5, 0.6) is 0 Å². The molecule has 3 rings (SSSR count). The number of hydrogen-bond acceptors (Lipinski definition) is 4. The van der Waals surface area contributed by atoms with Crippen LogP contribution in [-0.4, -0.2) is 41.0 Å². The minimum absolute atomic E-state index is 0.0413. The van der Waals surface area contributed by atoms with Gasteiger partial charge in [-0.1, -0.05) is 12.1 Å². The van der Waals surface area contributed by atoms with E-state index in [0.29, 0.717) is 0 Å². The van der Waals surface area contributed by atoms with E-state index < -0.39 is 0 Å². The van der Waals surface area contributed by atoms with Crippen LogP contribution >= 0.6 is 0 Å². The lowest BCUT2D eigenvalue weighted by atomic mass is 9.80. The highest BCUT2D eigenvalue weighted by atomic mass is 16.5. The van der Waals surface area contributed by atoms with Gasteiger partial charge in [0.2, 0.25) is 0 Å². The number of nitrogens with one attached hydrogen (secondary N) is 1. The Morgan fingerprint density at radius 3 is 2.58 bits per heavy atom. The van der Waals surface area contributed by atoms with Crippen molar-refractivity contribution in [2.45, 2.75) is 32.7 Å². The topological polar surface area (TPSA) is 59.3 Å². The molecule has 0 bridgehead atoms. The Labute approximate surface area is 143 Å². The van der Waals surface area contributed by atoms with Crippen LogP contribution in [0, 0.1) is 12.3 Å². The molecule has 1 atom stereocenters. The molecule has 1 aromatic carbocycles. The third kappa shape index (κ3) is 3.69. The molecule has 1 aliphatic heterocycles. The maximum absolute atomic E-state index is 9.79. The van der Waals surface area contributed by atoms with E-state index in [1.54, 1.807) is 0 Å². The second-order valence-corrected chi connectivity index (χ2v) is 6.81. The Kier molecular flexibility index (Phi) is 5.33. The van der Waals surface area contributed by atoms with Gasteiger partial charge in [0.1, 0.15) is 5.82 Å². The van der Waals surface area contributed by atoms with Gasteiger partial charge in [-0.05, 0) is 44.4 Å². The summed E-state index contributed by atoms with van der Waals surface area (Å²) in [5.41, 5.74) is 2.33. The normalized spacial score (nSPS) is 18.5. The molecule has 5 nitrogen and oxygen atoms in total. The quantitative estimate of drug-likeness (QED) is 0.855. The average molecular weight is 329 g/mol. The van der Waals surface area contributed by atoms with Gasteiger partial charge in [-0.25, -0.2) is 4.98 Å². The first-order valence-electron chi connectivity index (χ1n) is 8.66. The SMILES string of the molecule is Cc1nccn1-c1ccc(C(C)NCC2(CO)CCOCC2)cc1. The summed E-state index contributed by atoms with van der Waals surface area (Å²) in [6.45, 7) is 6.69. The number of aromatic nitrogens is 2. The number of hydrogen-bond donors (Lipinski definition) is 2. The number of ether oxygens (including phenoxy) is 1. The molecule has 130 valence electrons. The van der Waals surface area contributed by atoms with Crippen LogP contribution in [-0.2, 0) is 4.74 Å². The molecule has 24 heavy (non-hydrogen) atoms. The van der Waals surface area contributed by atoms with Gasteiger partial charge in [0.15, 0.2) is 0 Å². The maximum atomic E-state index is 9.79. The molecule has 2 heterocycles. The molecule has 0 aliphatic carbocycles. The molecule has 5 heteroatoms. The van der Waals surface area contributed by atoms with Gasteiger partial charge in [0, 0.05) is 49.3 Å². The van der Waals surface area contributed by atoms with E-state index in [4.69, 9.17) is 4.74 Å². The summed E-state index contributed by atoms with van der Waals surface area (Å²) >= 11 is 0. The molecular weight excluding hydrogens is 302 g/mol. The van der Waals surface area contributed by atoms with Crippen molar-refractivity contribution < 1.29 is 9.84 Å². The smallest absolute Gasteiger partial charge is 0.110 e. The Morgan fingerprint density at radius 1 is 1.29 bits per heavy atom. The molecule has 2 N–H and O–H groups in total. The molecule has 2 aromatic rings. The number of nitrogens with zero attached hydrogens (tertiary/aromatic N) is 2. The molecule has 1 fully saturated rings. The first kappa shape index (κ1) is 17.1. The van der Waals surface area contributed by atoms with E-state index in [-0.39, 0.29) is 18.1 Å². The highest BCUT2D eigenvalue weighted by molar-refractivity contribution is 5.36. The fourth-order valence-corrected chi connectivity index (χ4v) is 3.26. The molecule has 1 saturated heterocycles. The zero-order chi connectivity index (χ0) is 17.0. The van der Waals surface area contributed by atoms with Crippen LogP contribution < -0.4 is 5.32 Å². The Hall–Kier alpha value is -1.69. The molecule has 0 amide bonds. The van der Waals surface area contributed by atoms with Crippen LogP contribution in [0.4, 0.5) is 0 Å². The molecule has 0 radical (unpaired) electrons. The van der Waals surface area contributed by atoms with Crippen LogP contribution in [0.2, 0.25) is 0 Å². The van der Waals surface area contributed by atoms with Crippen LogP contribution in [0.15, 0.2) is 36.7 Å². The van der Waals surface area contributed by atoms with Crippen molar-refractivity contribution in [1.82, 2.24) is 14.9 Å². The molecule has 1 unspecified atom stereocenters. The van der Waals surface area contributed by atoms with Gasteiger partial charge in [-0.3, -0.25) is 0 Å². The van der Waals surface area contributed by atoms with Gasteiger partial charge in [-0.2, -0.15) is 0 Å². The van der Waals surface area contributed by atoms with Gasteiger partial charge < -0.3 is 19.7 Å². The summed E-state index contributed by atoms with van der Waals surface area (Å²) in [6.07, 6.45) is 5.63. The first-order valence-corrected chi connectivity index (χ1v) is 8.66. The maximum Gasteiger partial charge on any atom is 0.110 e. The van der Waals surface area contributed by atoms with Crippen molar-refractivity contribution in [3.05, 3.63) is 48.0 Å². The van der Waals surface area contributed by atoms with Crippen LogP contribution in [0.3, 0.4) is 0 Å². The van der Waals surface area contributed by atoms with Gasteiger partial charge in [-0.15, -0.1) is 0 Å². The first-order chi connectivity index (χ1) is 11.6. The van der Waals surface area contributed by atoms with Crippen molar-refractivity contribution in [1.29, 1.82) is 0 Å². The number of imidazole rings is 1. The second kappa shape index (κ2) is 7.47. The van der Waals surface area contributed by atoms with Crippen molar-refractivity contribution in [3.8, 4) is 5.69 Å². The predicted octanol–water partition coefficient (Wildman–Crippen LogP) is 2.62. The summed E-state index contributed by atoms with van der Waals surface area (Å²) in [5, 5.41) is 13.4. The van der Waals surface area contributed by atoms with Crippen molar-refractivity contribution in [2.75, 3.05) is 26.4 Å². The zero-order valence-electron chi connectivity index (χ0n) is 14.5. The fourth-order valence-electron chi connectivity index (χ4n) is 3.26. The lowest BCUT2D eigenvalue weighted by Gasteiger charge is -2.36. The average Bonchev–Trinajstić information content (AvgIpc) is 3.06. The van der Waals surface area contributed by atoms with Gasteiger partial charge in [0.25, 0.3) is 0 Å². The van der Waals surface area contributed by atoms with E-state index in [0.717, 1.165) is 44.1 Å². The Morgan fingerprint density at radius 2 is 2.00 bits per heavy atom. The van der Waals surface area contributed by atoms with Crippen molar-refractivity contribution in [3.63, 3.8) is 0 Å². The van der Waals surface area contributed by atoms with E-state index >= 15 is 0 Å². The number of aliphatic hydroxyl groups is 1. The highest BCUT2D eigenvalue weighted by Crippen LogP contribution is 2.30. The molecule has 0 saturated carbocycles. The van der Waals surface area contributed by atoms with Crippen molar-refractivity contribution >= 4 is 0 Å². The Bertz CT molecular complexity index is 645. The minimum Gasteiger partial charge on any atom is -0.396 e.